The van der Waals surface area contributed by atoms with Gasteiger partial charge >= 0.3 is 0 Å². The number of ketones is 1. The van der Waals surface area contributed by atoms with Gasteiger partial charge in [-0.1, -0.05) is 44.9 Å². The van der Waals surface area contributed by atoms with Gasteiger partial charge < -0.3 is 5.11 Å². The monoisotopic (exact) mass is 316 g/mol. The van der Waals surface area contributed by atoms with Crippen LogP contribution in [0.15, 0.2) is 22.8 Å². The number of hydrogen-bond acceptors (Lipinski definition) is 3. The Balaban J connectivity index is 2.10. The number of carbonyl (C=O) groups is 2. The Morgan fingerprint density at radius 1 is 1.39 bits per heavy atom. The number of rotatable bonds is 2. The van der Waals surface area contributed by atoms with Crippen LogP contribution in [0.2, 0.25) is 0 Å². The van der Waals surface area contributed by atoms with E-state index in [2.05, 4.69) is 20.8 Å². The summed E-state index contributed by atoms with van der Waals surface area (Å²) >= 11 is 0. The number of carbonyl (C=O) groups excluding carboxylic acids is 2. The molecule has 0 bridgehead atoms. The Hall–Kier alpha value is -1.22. The standard InChI is InChI=1S/C20H28O3/c1-11(2)14-7-8-20(4)9-15-12(3)18(22)19(23)17(15)13(10-21)5-6-16(14)20/h5,10-12,15,17-18,22H,6-9H2,1-4H3/t12-,15+,17-,18-,20-/m0/s1. The van der Waals surface area contributed by atoms with Gasteiger partial charge in [-0.2, -0.15) is 0 Å². The molecule has 3 aliphatic carbocycles. The predicted octanol–water partition coefficient (Wildman–Crippen LogP) is 3.47. The third kappa shape index (κ3) is 2.44. The average molecular weight is 316 g/mol. The summed E-state index contributed by atoms with van der Waals surface area (Å²) in [4.78, 5) is 24.1. The molecule has 0 spiro atoms. The van der Waals surface area contributed by atoms with Gasteiger partial charge in [0.1, 0.15) is 12.4 Å². The second-order valence-corrected chi connectivity index (χ2v) is 8.30. The molecule has 0 amide bonds. The van der Waals surface area contributed by atoms with Crippen molar-refractivity contribution >= 4 is 12.1 Å². The molecule has 3 nitrogen and oxygen atoms in total. The molecule has 0 unspecified atom stereocenters. The minimum atomic E-state index is -0.923. The molecule has 1 N–H and O–H groups in total. The zero-order valence-corrected chi connectivity index (χ0v) is 14.6. The van der Waals surface area contributed by atoms with E-state index in [0.29, 0.717) is 11.5 Å². The molecular weight excluding hydrogens is 288 g/mol. The first-order chi connectivity index (χ1) is 10.8. The lowest BCUT2D eigenvalue weighted by Gasteiger charge is -2.36. The van der Waals surface area contributed by atoms with E-state index >= 15 is 0 Å². The molecule has 0 aliphatic heterocycles. The minimum Gasteiger partial charge on any atom is -0.385 e. The SMILES string of the molecule is CC(C)C1=C2CC=C(C=O)[C@@H]3C(=O)[C@@H](O)[C@@H](C)[C@H]3C[C@]2(C)CC1. The summed E-state index contributed by atoms with van der Waals surface area (Å²) < 4.78 is 0. The molecular formula is C20H28O3. The first-order valence-corrected chi connectivity index (χ1v) is 8.89. The van der Waals surface area contributed by atoms with Crippen molar-refractivity contribution in [1.29, 1.82) is 0 Å². The van der Waals surface area contributed by atoms with E-state index in [1.54, 1.807) is 0 Å². The van der Waals surface area contributed by atoms with Crippen LogP contribution in [0.4, 0.5) is 0 Å². The van der Waals surface area contributed by atoms with E-state index in [1.165, 1.54) is 11.1 Å². The number of aliphatic hydroxyl groups excluding tert-OH is 1. The van der Waals surface area contributed by atoms with Crippen LogP contribution in [0.1, 0.15) is 53.4 Å². The second kappa shape index (κ2) is 5.70. The second-order valence-electron chi connectivity index (χ2n) is 8.30. The van der Waals surface area contributed by atoms with E-state index in [1.807, 2.05) is 13.0 Å². The number of hydrogen-bond donors (Lipinski definition) is 1. The van der Waals surface area contributed by atoms with Crippen LogP contribution < -0.4 is 0 Å². The molecule has 5 atom stereocenters. The molecule has 3 aliphatic rings. The molecule has 0 radical (unpaired) electrons. The number of Topliss-reactive ketones (excluding diaryl/α,β-unsaturated/α-hetero) is 1. The fourth-order valence-electron chi connectivity index (χ4n) is 5.24. The topological polar surface area (TPSA) is 54.4 Å². The van der Waals surface area contributed by atoms with Crippen molar-refractivity contribution in [3.05, 3.63) is 22.8 Å². The van der Waals surface area contributed by atoms with E-state index in [9.17, 15) is 14.7 Å². The van der Waals surface area contributed by atoms with Gasteiger partial charge in [0, 0.05) is 0 Å². The number of aliphatic hydroxyl groups is 1. The summed E-state index contributed by atoms with van der Waals surface area (Å²) in [5.41, 5.74) is 3.70. The first-order valence-electron chi connectivity index (χ1n) is 8.89. The van der Waals surface area contributed by atoms with Gasteiger partial charge in [-0.15, -0.1) is 0 Å². The molecule has 3 heteroatoms. The van der Waals surface area contributed by atoms with Crippen LogP contribution in [0.3, 0.4) is 0 Å². The molecule has 126 valence electrons. The lowest BCUT2D eigenvalue weighted by atomic mass is 9.67. The maximum absolute atomic E-state index is 12.5. The Kier molecular flexibility index (Phi) is 4.12. The van der Waals surface area contributed by atoms with Crippen LogP contribution in [0, 0.1) is 29.1 Å². The lowest BCUT2D eigenvalue weighted by Crippen LogP contribution is -2.29. The summed E-state index contributed by atoms with van der Waals surface area (Å²) in [6, 6.07) is 0. The average Bonchev–Trinajstić information content (AvgIpc) is 2.91. The maximum Gasteiger partial charge on any atom is 0.169 e. The minimum absolute atomic E-state index is 0.0702. The van der Waals surface area contributed by atoms with Crippen LogP contribution in [0.5, 0.6) is 0 Å². The normalized spacial score (nSPS) is 40.6. The Bertz CT molecular complexity index is 598. The van der Waals surface area contributed by atoms with Crippen molar-refractivity contribution < 1.29 is 14.7 Å². The summed E-state index contributed by atoms with van der Waals surface area (Å²) in [6.45, 7) is 8.76. The molecule has 0 aromatic heterocycles. The zero-order chi connectivity index (χ0) is 16.9. The molecule has 23 heavy (non-hydrogen) atoms. The van der Waals surface area contributed by atoms with Crippen molar-refractivity contribution in [2.75, 3.05) is 0 Å². The van der Waals surface area contributed by atoms with Crippen LogP contribution in [-0.2, 0) is 9.59 Å². The largest absolute Gasteiger partial charge is 0.385 e. The maximum atomic E-state index is 12.5. The van der Waals surface area contributed by atoms with Crippen LogP contribution >= 0.6 is 0 Å². The van der Waals surface area contributed by atoms with Crippen LogP contribution in [-0.4, -0.2) is 23.3 Å². The molecule has 1 saturated carbocycles. The van der Waals surface area contributed by atoms with Gasteiger partial charge in [0.2, 0.25) is 0 Å². The predicted molar refractivity (Wildman–Crippen MR) is 89.7 cm³/mol. The first kappa shape index (κ1) is 16.6. The quantitative estimate of drug-likeness (QED) is 0.627. The van der Waals surface area contributed by atoms with Gasteiger partial charge in [-0.25, -0.2) is 0 Å². The zero-order valence-electron chi connectivity index (χ0n) is 14.6. The Labute approximate surface area is 138 Å². The number of fused-ring (bicyclic) bond motifs is 2. The van der Waals surface area contributed by atoms with Crippen molar-refractivity contribution in [1.82, 2.24) is 0 Å². The van der Waals surface area contributed by atoms with Gasteiger partial charge in [0.05, 0.1) is 5.92 Å². The third-order valence-corrected chi connectivity index (χ3v) is 6.68. The Morgan fingerprint density at radius 3 is 2.70 bits per heavy atom. The van der Waals surface area contributed by atoms with Crippen molar-refractivity contribution in [3.8, 4) is 0 Å². The lowest BCUT2D eigenvalue weighted by molar-refractivity contribution is -0.128. The van der Waals surface area contributed by atoms with Crippen molar-refractivity contribution in [2.45, 2.75) is 59.5 Å². The highest BCUT2D eigenvalue weighted by atomic mass is 16.3. The number of aldehydes is 1. The number of allylic oxidation sites excluding steroid dienone is 4. The van der Waals surface area contributed by atoms with Gasteiger partial charge in [-0.3, -0.25) is 9.59 Å². The molecule has 3 rings (SSSR count). The smallest absolute Gasteiger partial charge is 0.169 e. The van der Waals surface area contributed by atoms with Crippen molar-refractivity contribution in [3.63, 3.8) is 0 Å². The molecule has 0 aromatic rings. The highest BCUT2D eigenvalue weighted by Crippen LogP contribution is 2.55. The fraction of sp³-hybridized carbons (Fsp3) is 0.700. The molecule has 0 aromatic carbocycles. The van der Waals surface area contributed by atoms with Crippen LogP contribution in [0.25, 0.3) is 0 Å². The van der Waals surface area contributed by atoms with Crippen molar-refractivity contribution in [2.24, 2.45) is 29.1 Å². The summed E-state index contributed by atoms with van der Waals surface area (Å²) in [5.74, 6) is -0.0304. The molecule has 0 heterocycles. The third-order valence-electron chi connectivity index (χ3n) is 6.68. The highest BCUT2D eigenvalue weighted by Gasteiger charge is 2.52. The molecule has 0 saturated heterocycles. The van der Waals surface area contributed by atoms with Gasteiger partial charge in [-0.05, 0) is 54.4 Å². The fourth-order valence-corrected chi connectivity index (χ4v) is 5.24. The highest BCUT2D eigenvalue weighted by molar-refractivity contribution is 5.96. The molecule has 1 fully saturated rings. The summed E-state index contributed by atoms with van der Waals surface area (Å²) in [6.07, 6.45) is 5.81. The van der Waals surface area contributed by atoms with Gasteiger partial charge in [0.15, 0.2) is 5.78 Å². The summed E-state index contributed by atoms with van der Waals surface area (Å²) in [7, 11) is 0. The van der Waals surface area contributed by atoms with Gasteiger partial charge in [0.25, 0.3) is 0 Å². The van der Waals surface area contributed by atoms with E-state index in [4.69, 9.17) is 0 Å². The van der Waals surface area contributed by atoms with E-state index in [0.717, 1.165) is 32.0 Å². The van der Waals surface area contributed by atoms with E-state index < -0.39 is 12.0 Å². The summed E-state index contributed by atoms with van der Waals surface area (Å²) in [5, 5.41) is 10.3. The van der Waals surface area contributed by atoms with E-state index in [-0.39, 0.29) is 23.0 Å². The Morgan fingerprint density at radius 2 is 2.09 bits per heavy atom.